The van der Waals surface area contributed by atoms with Gasteiger partial charge in [0.05, 0.1) is 17.8 Å². The van der Waals surface area contributed by atoms with Gasteiger partial charge < -0.3 is 10.2 Å². The van der Waals surface area contributed by atoms with E-state index >= 15 is 0 Å². The molecule has 5 nitrogen and oxygen atoms in total. The Morgan fingerprint density at radius 2 is 2.05 bits per heavy atom. The SMILES string of the molecule is N#Cc1cccc(NC(=O)CO/N=C\c2ccccc2)c1. The van der Waals surface area contributed by atoms with Crippen molar-refractivity contribution in [1.82, 2.24) is 0 Å². The van der Waals surface area contributed by atoms with Gasteiger partial charge in [0.15, 0.2) is 6.61 Å². The van der Waals surface area contributed by atoms with E-state index < -0.39 is 0 Å². The third kappa shape index (κ3) is 4.80. The predicted octanol–water partition coefficient (Wildman–Crippen LogP) is 2.55. The first-order chi connectivity index (χ1) is 10.3. The number of oxime groups is 1. The van der Waals surface area contributed by atoms with E-state index in [2.05, 4.69) is 10.5 Å². The molecule has 21 heavy (non-hydrogen) atoms. The van der Waals surface area contributed by atoms with Crippen molar-refractivity contribution < 1.29 is 9.63 Å². The Morgan fingerprint density at radius 3 is 2.81 bits per heavy atom. The Labute approximate surface area is 122 Å². The van der Waals surface area contributed by atoms with Crippen LogP contribution in [-0.2, 0) is 9.63 Å². The summed E-state index contributed by atoms with van der Waals surface area (Å²) in [5.74, 6) is -0.338. The second kappa shape index (κ2) is 7.46. The summed E-state index contributed by atoms with van der Waals surface area (Å²) in [5.41, 5.74) is 1.92. The van der Waals surface area contributed by atoms with Crippen molar-refractivity contribution in [3.8, 4) is 6.07 Å². The summed E-state index contributed by atoms with van der Waals surface area (Å²) in [6.45, 7) is -0.194. The lowest BCUT2D eigenvalue weighted by molar-refractivity contribution is -0.120. The molecule has 1 amide bonds. The van der Waals surface area contributed by atoms with Crippen molar-refractivity contribution in [1.29, 1.82) is 5.26 Å². The van der Waals surface area contributed by atoms with Crippen LogP contribution in [0.15, 0.2) is 59.8 Å². The van der Waals surface area contributed by atoms with E-state index in [0.717, 1.165) is 5.56 Å². The molecular weight excluding hydrogens is 266 g/mol. The van der Waals surface area contributed by atoms with Crippen LogP contribution in [-0.4, -0.2) is 18.7 Å². The van der Waals surface area contributed by atoms with Gasteiger partial charge in [0, 0.05) is 5.69 Å². The molecule has 0 heterocycles. The predicted molar refractivity (Wildman–Crippen MR) is 79.8 cm³/mol. The van der Waals surface area contributed by atoms with Gasteiger partial charge in [-0.2, -0.15) is 5.26 Å². The minimum atomic E-state index is -0.338. The van der Waals surface area contributed by atoms with Gasteiger partial charge in [0.2, 0.25) is 0 Å². The van der Waals surface area contributed by atoms with Crippen LogP contribution in [0.3, 0.4) is 0 Å². The highest BCUT2D eigenvalue weighted by molar-refractivity contribution is 5.91. The van der Waals surface area contributed by atoms with Gasteiger partial charge in [-0.3, -0.25) is 4.79 Å². The molecule has 0 atom stereocenters. The third-order valence-electron chi connectivity index (χ3n) is 2.55. The van der Waals surface area contributed by atoms with Crippen LogP contribution < -0.4 is 5.32 Å². The zero-order valence-electron chi connectivity index (χ0n) is 11.2. The van der Waals surface area contributed by atoms with Gasteiger partial charge in [-0.25, -0.2) is 0 Å². The van der Waals surface area contributed by atoms with Crippen molar-refractivity contribution in [3.63, 3.8) is 0 Å². The number of nitriles is 1. The quantitative estimate of drug-likeness (QED) is 0.675. The zero-order chi connectivity index (χ0) is 14.9. The number of carbonyl (C=O) groups is 1. The Hall–Kier alpha value is -3.13. The molecule has 0 spiro atoms. The summed E-state index contributed by atoms with van der Waals surface area (Å²) < 4.78 is 0. The van der Waals surface area contributed by atoms with Crippen molar-refractivity contribution in [2.75, 3.05) is 11.9 Å². The van der Waals surface area contributed by atoms with E-state index in [9.17, 15) is 4.79 Å². The van der Waals surface area contributed by atoms with Gasteiger partial charge in [0.25, 0.3) is 5.91 Å². The van der Waals surface area contributed by atoms with Crippen LogP contribution in [0.2, 0.25) is 0 Å². The van der Waals surface area contributed by atoms with Crippen LogP contribution in [0.1, 0.15) is 11.1 Å². The Morgan fingerprint density at radius 1 is 1.24 bits per heavy atom. The maximum Gasteiger partial charge on any atom is 0.265 e. The van der Waals surface area contributed by atoms with Gasteiger partial charge in [-0.05, 0) is 23.8 Å². The first-order valence-corrected chi connectivity index (χ1v) is 6.28. The minimum Gasteiger partial charge on any atom is -0.386 e. The van der Waals surface area contributed by atoms with Crippen LogP contribution in [0.25, 0.3) is 0 Å². The summed E-state index contributed by atoms with van der Waals surface area (Å²) in [5, 5.41) is 15.1. The van der Waals surface area contributed by atoms with Crippen LogP contribution >= 0.6 is 0 Å². The van der Waals surface area contributed by atoms with Crippen molar-refractivity contribution >= 4 is 17.8 Å². The van der Waals surface area contributed by atoms with Crippen molar-refractivity contribution in [3.05, 3.63) is 65.7 Å². The first kappa shape index (κ1) is 14.3. The van der Waals surface area contributed by atoms with E-state index in [1.165, 1.54) is 6.21 Å². The lowest BCUT2D eigenvalue weighted by Crippen LogP contribution is -2.17. The topological polar surface area (TPSA) is 74.5 Å². The number of carbonyl (C=O) groups excluding carboxylic acids is 1. The number of benzene rings is 2. The molecule has 1 N–H and O–H groups in total. The molecule has 0 saturated heterocycles. The maximum absolute atomic E-state index is 11.6. The average Bonchev–Trinajstić information content (AvgIpc) is 2.53. The minimum absolute atomic E-state index is 0.194. The fourth-order valence-corrected chi connectivity index (χ4v) is 1.60. The monoisotopic (exact) mass is 279 g/mol. The summed E-state index contributed by atoms with van der Waals surface area (Å²) in [6.07, 6.45) is 1.53. The molecule has 0 aliphatic rings. The number of hydrogen-bond donors (Lipinski definition) is 1. The number of hydrogen-bond acceptors (Lipinski definition) is 4. The smallest absolute Gasteiger partial charge is 0.265 e. The summed E-state index contributed by atoms with van der Waals surface area (Å²) in [7, 11) is 0. The maximum atomic E-state index is 11.6. The van der Waals surface area contributed by atoms with Crippen LogP contribution in [0.5, 0.6) is 0 Å². The number of anilines is 1. The molecule has 2 aromatic rings. The largest absolute Gasteiger partial charge is 0.386 e. The molecule has 5 heteroatoms. The average molecular weight is 279 g/mol. The molecule has 0 saturated carbocycles. The highest BCUT2D eigenvalue weighted by Crippen LogP contribution is 2.09. The number of nitrogens with one attached hydrogen (secondary N) is 1. The standard InChI is InChI=1S/C16H13N3O2/c17-10-14-7-4-8-15(9-14)19-16(20)12-21-18-11-13-5-2-1-3-6-13/h1-9,11H,12H2,(H,19,20)/b18-11-. The van der Waals surface area contributed by atoms with Gasteiger partial charge >= 0.3 is 0 Å². The fourth-order valence-electron chi connectivity index (χ4n) is 1.60. The zero-order valence-corrected chi connectivity index (χ0v) is 11.2. The molecule has 104 valence electrons. The highest BCUT2D eigenvalue weighted by atomic mass is 16.6. The third-order valence-corrected chi connectivity index (χ3v) is 2.55. The van der Waals surface area contributed by atoms with Gasteiger partial charge in [0.1, 0.15) is 0 Å². The number of amides is 1. The molecule has 2 rings (SSSR count). The molecule has 0 bridgehead atoms. The molecule has 0 aliphatic carbocycles. The summed E-state index contributed by atoms with van der Waals surface area (Å²) >= 11 is 0. The highest BCUT2D eigenvalue weighted by Gasteiger charge is 2.03. The summed E-state index contributed by atoms with van der Waals surface area (Å²) in [4.78, 5) is 16.6. The molecule has 0 fully saturated rings. The van der Waals surface area contributed by atoms with E-state index in [-0.39, 0.29) is 12.5 Å². The molecular formula is C16H13N3O2. The molecule has 0 aliphatic heterocycles. The Bertz CT molecular complexity index is 675. The molecule has 0 radical (unpaired) electrons. The van der Waals surface area contributed by atoms with E-state index in [4.69, 9.17) is 10.1 Å². The number of rotatable bonds is 5. The van der Waals surface area contributed by atoms with E-state index in [0.29, 0.717) is 11.3 Å². The van der Waals surface area contributed by atoms with E-state index in [1.54, 1.807) is 24.3 Å². The van der Waals surface area contributed by atoms with Crippen molar-refractivity contribution in [2.24, 2.45) is 5.16 Å². The molecule has 0 unspecified atom stereocenters. The van der Waals surface area contributed by atoms with E-state index in [1.807, 2.05) is 36.4 Å². The molecule has 2 aromatic carbocycles. The Balaban J connectivity index is 1.80. The second-order valence-corrected chi connectivity index (χ2v) is 4.16. The Kier molecular flexibility index (Phi) is 5.07. The lowest BCUT2D eigenvalue weighted by Gasteiger charge is -2.04. The first-order valence-electron chi connectivity index (χ1n) is 6.28. The molecule has 0 aromatic heterocycles. The van der Waals surface area contributed by atoms with Gasteiger partial charge in [-0.1, -0.05) is 41.6 Å². The van der Waals surface area contributed by atoms with Gasteiger partial charge in [-0.15, -0.1) is 0 Å². The number of nitrogens with zero attached hydrogens (tertiary/aromatic N) is 2. The van der Waals surface area contributed by atoms with Crippen LogP contribution in [0.4, 0.5) is 5.69 Å². The second-order valence-electron chi connectivity index (χ2n) is 4.16. The lowest BCUT2D eigenvalue weighted by atomic mass is 10.2. The normalized spacial score (nSPS) is 10.0. The van der Waals surface area contributed by atoms with Crippen LogP contribution in [0, 0.1) is 11.3 Å². The fraction of sp³-hybridized carbons (Fsp3) is 0.0625. The van der Waals surface area contributed by atoms with Crippen molar-refractivity contribution in [2.45, 2.75) is 0 Å². The summed E-state index contributed by atoms with van der Waals surface area (Å²) in [6, 6.07) is 18.1.